The second-order valence-corrected chi connectivity index (χ2v) is 6.57. The Balaban J connectivity index is 1.70. The third-order valence-corrected chi connectivity index (χ3v) is 4.93. The summed E-state index contributed by atoms with van der Waals surface area (Å²) in [6.07, 6.45) is 1.72. The number of aromatic nitrogens is 1. The van der Waals surface area contributed by atoms with Crippen molar-refractivity contribution in [3.8, 4) is 0 Å². The molecular weight excluding hydrogens is 312 g/mol. The first kappa shape index (κ1) is 17.4. The first-order valence-corrected chi connectivity index (χ1v) is 8.89. The molecule has 0 spiro atoms. The van der Waals surface area contributed by atoms with Gasteiger partial charge in [0, 0.05) is 43.8 Å². The molecule has 1 aliphatic rings. The molecule has 5 nitrogen and oxygen atoms in total. The van der Waals surface area contributed by atoms with Crippen LogP contribution in [0.2, 0.25) is 0 Å². The highest BCUT2D eigenvalue weighted by molar-refractivity contribution is 6.03. The molecule has 1 aromatic heterocycles. The number of rotatable bonds is 4. The molecule has 3 rings (SSSR count). The molecule has 0 atom stereocenters. The molecule has 1 aromatic carbocycles. The van der Waals surface area contributed by atoms with Crippen molar-refractivity contribution in [1.29, 1.82) is 0 Å². The van der Waals surface area contributed by atoms with Gasteiger partial charge in [-0.3, -0.25) is 9.78 Å². The van der Waals surface area contributed by atoms with Crippen LogP contribution >= 0.6 is 0 Å². The van der Waals surface area contributed by atoms with Gasteiger partial charge in [0.1, 0.15) is 5.69 Å². The second kappa shape index (κ2) is 7.66. The van der Waals surface area contributed by atoms with Crippen molar-refractivity contribution >= 4 is 17.3 Å². The van der Waals surface area contributed by atoms with Gasteiger partial charge in [0.2, 0.25) is 0 Å². The Morgan fingerprint density at radius 3 is 2.52 bits per heavy atom. The number of carbonyl (C=O) groups excluding carboxylic acids is 1. The van der Waals surface area contributed by atoms with Crippen LogP contribution < -0.4 is 10.2 Å². The highest BCUT2D eigenvalue weighted by Crippen LogP contribution is 2.19. The van der Waals surface area contributed by atoms with E-state index in [0.717, 1.165) is 49.7 Å². The van der Waals surface area contributed by atoms with Crippen molar-refractivity contribution in [3.63, 3.8) is 0 Å². The van der Waals surface area contributed by atoms with Crippen LogP contribution in [0.1, 0.15) is 28.5 Å². The van der Waals surface area contributed by atoms with E-state index in [-0.39, 0.29) is 5.91 Å². The quantitative estimate of drug-likeness (QED) is 0.931. The van der Waals surface area contributed by atoms with Gasteiger partial charge >= 0.3 is 0 Å². The number of hydrogen-bond acceptors (Lipinski definition) is 4. The SMILES string of the molecule is CCN1CCN(c2ccnc(C(=O)Nc3ccc(C)c(C)c3)c2)CC1. The molecule has 132 valence electrons. The fourth-order valence-electron chi connectivity index (χ4n) is 3.08. The van der Waals surface area contributed by atoms with E-state index >= 15 is 0 Å². The molecule has 1 aliphatic heterocycles. The molecule has 2 heterocycles. The Hall–Kier alpha value is -2.40. The summed E-state index contributed by atoms with van der Waals surface area (Å²) >= 11 is 0. The molecule has 0 saturated carbocycles. The lowest BCUT2D eigenvalue weighted by Crippen LogP contribution is -2.46. The monoisotopic (exact) mass is 338 g/mol. The maximum Gasteiger partial charge on any atom is 0.274 e. The molecular formula is C20H26N4O. The zero-order chi connectivity index (χ0) is 17.8. The fourth-order valence-corrected chi connectivity index (χ4v) is 3.08. The van der Waals surface area contributed by atoms with Gasteiger partial charge in [-0.1, -0.05) is 13.0 Å². The summed E-state index contributed by atoms with van der Waals surface area (Å²) in [6.45, 7) is 11.5. The summed E-state index contributed by atoms with van der Waals surface area (Å²) in [6, 6.07) is 9.80. The highest BCUT2D eigenvalue weighted by Gasteiger charge is 2.17. The first-order chi connectivity index (χ1) is 12.1. The van der Waals surface area contributed by atoms with E-state index in [1.54, 1.807) is 6.20 Å². The van der Waals surface area contributed by atoms with Crippen molar-refractivity contribution in [2.75, 3.05) is 42.9 Å². The number of pyridine rings is 1. The number of benzene rings is 1. The molecule has 0 unspecified atom stereocenters. The molecule has 0 aliphatic carbocycles. The van der Waals surface area contributed by atoms with Gasteiger partial charge in [-0.25, -0.2) is 0 Å². The van der Waals surface area contributed by atoms with E-state index in [0.29, 0.717) is 5.69 Å². The number of nitrogens with zero attached hydrogens (tertiary/aromatic N) is 3. The molecule has 0 radical (unpaired) electrons. The van der Waals surface area contributed by atoms with Gasteiger partial charge in [-0.15, -0.1) is 0 Å². The normalized spacial score (nSPS) is 15.2. The lowest BCUT2D eigenvalue weighted by atomic mass is 10.1. The minimum Gasteiger partial charge on any atom is -0.369 e. The van der Waals surface area contributed by atoms with E-state index in [9.17, 15) is 4.79 Å². The Bertz CT molecular complexity index is 751. The highest BCUT2D eigenvalue weighted by atomic mass is 16.1. The molecule has 1 N–H and O–H groups in total. The van der Waals surface area contributed by atoms with E-state index < -0.39 is 0 Å². The minimum atomic E-state index is -0.169. The summed E-state index contributed by atoms with van der Waals surface area (Å²) in [5.74, 6) is -0.169. The third-order valence-electron chi connectivity index (χ3n) is 4.93. The van der Waals surface area contributed by atoms with Crippen LogP contribution in [0.5, 0.6) is 0 Å². The summed E-state index contributed by atoms with van der Waals surface area (Å²) in [4.78, 5) is 21.6. The number of amides is 1. The molecule has 5 heteroatoms. The van der Waals surface area contributed by atoms with Crippen molar-refractivity contribution in [3.05, 3.63) is 53.3 Å². The number of carbonyl (C=O) groups is 1. The van der Waals surface area contributed by atoms with E-state index in [4.69, 9.17) is 0 Å². The van der Waals surface area contributed by atoms with Gasteiger partial charge in [0.25, 0.3) is 5.91 Å². The molecule has 2 aromatic rings. The van der Waals surface area contributed by atoms with Gasteiger partial charge in [0.05, 0.1) is 0 Å². The Kier molecular flexibility index (Phi) is 5.34. The van der Waals surface area contributed by atoms with Crippen molar-refractivity contribution < 1.29 is 4.79 Å². The smallest absolute Gasteiger partial charge is 0.274 e. The number of piperazine rings is 1. The Morgan fingerprint density at radius 1 is 1.08 bits per heavy atom. The maximum atomic E-state index is 12.5. The fraction of sp³-hybridized carbons (Fsp3) is 0.400. The molecule has 0 bridgehead atoms. The van der Waals surface area contributed by atoms with E-state index in [1.165, 1.54) is 5.56 Å². The number of aryl methyl sites for hydroxylation is 2. The minimum absolute atomic E-state index is 0.169. The molecule has 1 saturated heterocycles. The zero-order valence-electron chi connectivity index (χ0n) is 15.2. The van der Waals surface area contributed by atoms with Crippen LogP contribution in [0.4, 0.5) is 11.4 Å². The van der Waals surface area contributed by atoms with Crippen LogP contribution in [0.25, 0.3) is 0 Å². The summed E-state index contributed by atoms with van der Waals surface area (Å²) in [7, 11) is 0. The molecule has 1 amide bonds. The standard InChI is InChI=1S/C20H26N4O/c1-4-23-9-11-24(12-10-23)18-7-8-21-19(14-18)20(25)22-17-6-5-15(2)16(3)13-17/h5-8,13-14H,4,9-12H2,1-3H3,(H,22,25). The van der Waals surface area contributed by atoms with Crippen LogP contribution in [0.3, 0.4) is 0 Å². The predicted molar refractivity (Wildman–Crippen MR) is 102 cm³/mol. The Morgan fingerprint density at radius 2 is 1.84 bits per heavy atom. The lowest BCUT2D eigenvalue weighted by molar-refractivity contribution is 0.102. The van der Waals surface area contributed by atoms with Gasteiger partial charge < -0.3 is 15.1 Å². The van der Waals surface area contributed by atoms with Gasteiger partial charge in [-0.2, -0.15) is 0 Å². The number of nitrogens with one attached hydrogen (secondary N) is 1. The van der Waals surface area contributed by atoms with Gasteiger partial charge in [0.15, 0.2) is 0 Å². The lowest BCUT2D eigenvalue weighted by Gasteiger charge is -2.35. The first-order valence-electron chi connectivity index (χ1n) is 8.89. The molecule has 1 fully saturated rings. The van der Waals surface area contributed by atoms with Crippen LogP contribution in [-0.2, 0) is 0 Å². The van der Waals surface area contributed by atoms with Crippen molar-refractivity contribution in [2.24, 2.45) is 0 Å². The van der Waals surface area contributed by atoms with Crippen LogP contribution in [0.15, 0.2) is 36.5 Å². The molecule has 25 heavy (non-hydrogen) atoms. The van der Waals surface area contributed by atoms with E-state index in [2.05, 4.69) is 33.9 Å². The number of hydrogen-bond donors (Lipinski definition) is 1. The average Bonchev–Trinajstić information content (AvgIpc) is 2.65. The zero-order valence-corrected chi connectivity index (χ0v) is 15.2. The second-order valence-electron chi connectivity index (χ2n) is 6.57. The summed E-state index contributed by atoms with van der Waals surface area (Å²) in [5, 5.41) is 2.94. The average molecular weight is 338 g/mol. The van der Waals surface area contributed by atoms with E-state index in [1.807, 2.05) is 37.3 Å². The largest absolute Gasteiger partial charge is 0.369 e. The number of anilines is 2. The van der Waals surface area contributed by atoms with Crippen LogP contribution in [-0.4, -0.2) is 48.5 Å². The van der Waals surface area contributed by atoms with Crippen molar-refractivity contribution in [2.45, 2.75) is 20.8 Å². The van der Waals surface area contributed by atoms with Gasteiger partial charge in [-0.05, 0) is 55.8 Å². The third kappa shape index (κ3) is 4.17. The predicted octanol–water partition coefficient (Wildman–Crippen LogP) is 3.09. The topological polar surface area (TPSA) is 48.5 Å². The summed E-state index contributed by atoms with van der Waals surface area (Å²) in [5.41, 5.74) is 4.69. The van der Waals surface area contributed by atoms with Crippen LogP contribution in [0, 0.1) is 13.8 Å². The maximum absolute atomic E-state index is 12.5. The van der Waals surface area contributed by atoms with Crippen molar-refractivity contribution in [1.82, 2.24) is 9.88 Å². The number of likely N-dealkylation sites (N-methyl/N-ethyl adjacent to an activating group) is 1. The Labute approximate surface area is 149 Å². The summed E-state index contributed by atoms with van der Waals surface area (Å²) < 4.78 is 0.